The molecule has 0 bridgehead atoms. The van der Waals surface area contributed by atoms with E-state index in [1.54, 1.807) is 6.07 Å². The van der Waals surface area contributed by atoms with Gasteiger partial charge in [-0.25, -0.2) is 9.59 Å². The van der Waals surface area contributed by atoms with Crippen LogP contribution in [0.15, 0.2) is 18.2 Å². The number of benzene rings is 1. The van der Waals surface area contributed by atoms with Gasteiger partial charge in [0.2, 0.25) is 0 Å². The summed E-state index contributed by atoms with van der Waals surface area (Å²) in [6.45, 7) is -0.0178. The molecule has 0 aromatic heterocycles. The molecule has 1 aliphatic heterocycles. The molecule has 1 aromatic rings. The third-order valence-corrected chi connectivity index (χ3v) is 2.85. The summed E-state index contributed by atoms with van der Waals surface area (Å²) in [4.78, 5) is 22.8. The standard InChI is InChI=1S/C11H11NO5/c13-8-2-1-6-4-9(10(14)15)12(11(16)17)5-7(6)3-8/h1-3,9,13H,4-5H2,(H,14,15)(H,16,17)/t9-/m1/s1. The quantitative estimate of drug-likeness (QED) is 0.673. The van der Waals surface area contributed by atoms with E-state index >= 15 is 0 Å². The van der Waals surface area contributed by atoms with Crippen LogP contribution >= 0.6 is 0 Å². The summed E-state index contributed by atoms with van der Waals surface area (Å²) in [5.41, 5.74) is 1.40. The summed E-state index contributed by atoms with van der Waals surface area (Å²) < 4.78 is 0. The number of fused-ring (bicyclic) bond motifs is 1. The molecule has 2 rings (SSSR count). The van der Waals surface area contributed by atoms with Gasteiger partial charge in [0.1, 0.15) is 11.8 Å². The fraction of sp³-hybridized carbons (Fsp3) is 0.273. The molecule has 0 saturated carbocycles. The van der Waals surface area contributed by atoms with Crippen LogP contribution in [0.4, 0.5) is 4.79 Å². The summed E-state index contributed by atoms with van der Waals surface area (Å²) in [5, 5.41) is 27.2. The maximum absolute atomic E-state index is 11.0. The van der Waals surface area contributed by atoms with Crippen molar-refractivity contribution < 1.29 is 24.9 Å². The van der Waals surface area contributed by atoms with Gasteiger partial charge in [0.15, 0.2) is 0 Å². The third-order valence-electron chi connectivity index (χ3n) is 2.85. The highest BCUT2D eigenvalue weighted by Crippen LogP contribution is 2.26. The number of carbonyl (C=O) groups is 2. The zero-order chi connectivity index (χ0) is 12.6. The molecule has 0 aliphatic carbocycles. The van der Waals surface area contributed by atoms with Crippen molar-refractivity contribution in [2.45, 2.75) is 19.0 Å². The smallest absolute Gasteiger partial charge is 0.408 e. The molecule has 1 aromatic carbocycles. The Balaban J connectivity index is 2.39. The van der Waals surface area contributed by atoms with Crippen LogP contribution in [0.1, 0.15) is 11.1 Å². The van der Waals surface area contributed by atoms with Gasteiger partial charge < -0.3 is 15.3 Å². The van der Waals surface area contributed by atoms with Gasteiger partial charge in [0.05, 0.1) is 6.54 Å². The highest BCUT2D eigenvalue weighted by Gasteiger charge is 2.34. The van der Waals surface area contributed by atoms with E-state index in [9.17, 15) is 14.7 Å². The van der Waals surface area contributed by atoms with Gasteiger partial charge >= 0.3 is 12.1 Å². The van der Waals surface area contributed by atoms with E-state index in [1.165, 1.54) is 12.1 Å². The fourth-order valence-electron chi connectivity index (χ4n) is 1.99. The first-order chi connectivity index (χ1) is 7.99. The summed E-state index contributed by atoms with van der Waals surface area (Å²) >= 11 is 0. The maximum atomic E-state index is 11.0. The molecule has 17 heavy (non-hydrogen) atoms. The number of hydrogen-bond donors (Lipinski definition) is 3. The van der Waals surface area contributed by atoms with E-state index in [2.05, 4.69) is 0 Å². The summed E-state index contributed by atoms with van der Waals surface area (Å²) in [6, 6.07) is 3.49. The van der Waals surface area contributed by atoms with Crippen LogP contribution in [0.25, 0.3) is 0 Å². The van der Waals surface area contributed by atoms with Crippen molar-refractivity contribution in [1.82, 2.24) is 4.90 Å². The SMILES string of the molecule is O=C(O)[C@H]1Cc2ccc(O)cc2CN1C(=O)O. The van der Waals surface area contributed by atoms with Crippen LogP contribution in [0.2, 0.25) is 0 Å². The van der Waals surface area contributed by atoms with E-state index in [0.717, 1.165) is 10.5 Å². The van der Waals surface area contributed by atoms with Crippen LogP contribution < -0.4 is 0 Å². The van der Waals surface area contributed by atoms with Gasteiger partial charge in [-0.2, -0.15) is 0 Å². The molecule has 0 unspecified atom stereocenters. The second kappa shape index (κ2) is 3.97. The van der Waals surface area contributed by atoms with E-state index in [1.807, 2.05) is 0 Å². The molecule has 1 heterocycles. The summed E-state index contributed by atoms with van der Waals surface area (Å²) in [7, 11) is 0. The number of aromatic hydroxyl groups is 1. The molecule has 3 N–H and O–H groups in total. The van der Waals surface area contributed by atoms with Crippen molar-refractivity contribution in [3.63, 3.8) is 0 Å². The van der Waals surface area contributed by atoms with Gasteiger partial charge in [-0.15, -0.1) is 0 Å². The molecule has 6 heteroatoms. The minimum absolute atomic E-state index is 0.0178. The Morgan fingerprint density at radius 2 is 1.94 bits per heavy atom. The van der Waals surface area contributed by atoms with Crippen LogP contribution in [0, 0.1) is 0 Å². The average Bonchev–Trinajstić information content (AvgIpc) is 2.26. The average molecular weight is 237 g/mol. The highest BCUT2D eigenvalue weighted by molar-refractivity contribution is 5.80. The number of hydrogen-bond acceptors (Lipinski definition) is 3. The lowest BCUT2D eigenvalue weighted by molar-refractivity contribution is -0.143. The Morgan fingerprint density at radius 1 is 1.24 bits per heavy atom. The topological polar surface area (TPSA) is 98.1 Å². The Bertz CT molecular complexity index is 485. The molecule has 1 amide bonds. The largest absolute Gasteiger partial charge is 0.508 e. The predicted octanol–water partition coefficient (Wildman–Crippen LogP) is 0.881. The van der Waals surface area contributed by atoms with Gasteiger partial charge in [-0.1, -0.05) is 6.07 Å². The van der Waals surface area contributed by atoms with Gasteiger partial charge in [0, 0.05) is 6.42 Å². The fourth-order valence-corrected chi connectivity index (χ4v) is 1.99. The lowest BCUT2D eigenvalue weighted by Crippen LogP contribution is -2.48. The highest BCUT2D eigenvalue weighted by atomic mass is 16.4. The molecule has 1 atom stereocenters. The lowest BCUT2D eigenvalue weighted by atomic mass is 9.94. The number of nitrogens with zero attached hydrogens (tertiary/aromatic N) is 1. The van der Waals surface area contributed by atoms with Gasteiger partial charge in [0.25, 0.3) is 0 Å². The van der Waals surface area contributed by atoms with Crippen molar-refractivity contribution in [1.29, 1.82) is 0 Å². The van der Waals surface area contributed by atoms with Crippen LogP contribution in [0.5, 0.6) is 5.75 Å². The van der Waals surface area contributed by atoms with E-state index in [4.69, 9.17) is 10.2 Å². The molecular formula is C11H11NO5. The number of carboxylic acid groups (broad SMARTS) is 2. The van der Waals surface area contributed by atoms with Crippen molar-refractivity contribution in [3.8, 4) is 5.75 Å². The Hall–Kier alpha value is -2.24. The van der Waals surface area contributed by atoms with Gasteiger partial charge in [-0.3, -0.25) is 4.90 Å². The van der Waals surface area contributed by atoms with Crippen molar-refractivity contribution >= 4 is 12.1 Å². The first-order valence-corrected chi connectivity index (χ1v) is 5.02. The molecule has 1 aliphatic rings. The number of phenolic OH excluding ortho intramolecular Hbond substituents is 1. The Kier molecular flexibility index (Phi) is 2.63. The number of carboxylic acids is 1. The Morgan fingerprint density at radius 3 is 2.53 bits per heavy atom. The number of amides is 1. The maximum Gasteiger partial charge on any atom is 0.408 e. The van der Waals surface area contributed by atoms with Crippen molar-refractivity contribution in [2.75, 3.05) is 0 Å². The molecule has 0 fully saturated rings. The van der Waals surface area contributed by atoms with Crippen LogP contribution in [0.3, 0.4) is 0 Å². The second-order valence-corrected chi connectivity index (χ2v) is 3.92. The van der Waals surface area contributed by atoms with E-state index in [0.29, 0.717) is 5.56 Å². The lowest BCUT2D eigenvalue weighted by Gasteiger charge is -2.32. The monoisotopic (exact) mass is 237 g/mol. The third kappa shape index (κ3) is 2.01. The molecule has 0 saturated heterocycles. The molecule has 90 valence electrons. The van der Waals surface area contributed by atoms with Crippen molar-refractivity contribution in [3.05, 3.63) is 29.3 Å². The number of phenols is 1. The summed E-state index contributed by atoms with van der Waals surface area (Å²) in [6.07, 6.45) is -1.15. The second-order valence-electron chi connectivity index (χ2n) is 3.92. The number of aliphatic carboxylic acids is 1. The van der Waals surface area contributed by atoms with E-state index < -0.39 is 18.1 Å². The predicted molar refractivity (Wildman–Crippen MR) is 56.8 cm³/mol. The molecule has 6 nitrogen and oxygen atoms in total. The summed E-state index contributed by atoms with van der Waals surface area (Å²) in [5.74, 6) is -1.12. The number of rotatable bonds is 1. The minimum Gasteiger partial charge on any atom is -0.508 e. The first-order valence-electron chi connectivity index (χ1n) is 5.02. The zero-order valence-corrected chi connectivity index (χ0v) is 8.83. The normalized spacial score (nSPS) is 18.6. The van der Waals surface area contributed by atoms with Crippen LogP contribution in [-0.4, -0.2) is 38.3 Å². The minimum atomic E-state index is -1.27. The molecule has 0 spiro atoms. The zero-order valence-electron chi connectivity index (χ0n) is 8.83. The van der Waals surface area contributed by atoms with Crippen LogP contribution in [-0.2, 0) is 17.8 Å². The van der Waals surface area contributed by atoms with Gasteiger partial charge in [-0.05, 0) is 23.3 Å². The van der Waals surface area contributed by atoms with E-state index in [-0.39, 0.29) is 18.7 Å². The molecule has 0 radical (unpaired) electrons. The molecular weight excluding hydrogens is 226 g/mol. The Labute approximate surface area is 96.7 Å². The van der Waals surface area contributed by atoms with Crippen molar-refractivity contribution in [2.24, 2.45) is 0 Å². The first kappa shape index (κ1) is 11.3.